The highest BCUT2D eigenvalue weighted by Crippen LogP contribution is 2.35. The van der Waals surface area contributed by atoms with Gasteiger partial charge in [-0.1, -0.05) is 18.2 Å². The maximum absolute atomic E-state index is 4.34. The third kappa shape index (κ3) is 1.59. The molecule has 0 fully saturated rings. The fraction of sp³-hybridized carbons (Fsp3) is 0.0500. The van der Waals surface area contributed by atoms with E-state index >= 15 is 0 Å². The standard InChI is InChI=1S/C20H14N5/c1-2-4-15(5-3-1)25-19-17-11-22-8-9-23(17)13-18(19)24-12-14-10-21-7-6-16(14)20(24)25/h1-11,13H,12H2/q+1. The first kappa shape index (κ1) is 12.9. The van der Waals surface area contributed by atoms with Gasteiger partial charge in [0.2, 0.25) is 5.52 Å². The highest BCUT2D eigenvalue weighted by Gasteiger charge is 2.36. The molecule has 0 atom stereocenters. The van der Waals surface area contributed by atoms with Crippen LogP contribution in [-0.2, 0) is 6.54 Å². The summed E-state index contributed by atoms with van der Waals surface area (Å²) in [6.07, 6.45) is 11.8. The van der Waals surface area contributed by atoms with Crippen LogP contribution in [0, 0.1) is 0 Å². The van der Waals surface area contributed by atoms with Crippen LogP contribution >= 0.6 is 0 Å². The van der Waals surface area contributed by atoms with Gasteiger partial charge in [0.1, 0.15) is 17.7 Å². The zero-order chi connectivity index (χ0) is 16.4. The van der Waals surface area contributed by atoms with E-state index in [9.17, 15) is 0 Å². The molecular weight excluding hydrogens is 310 g/mol. The number of pyridine rings is 1. The molecule has 5 nitrogen and oxygen atoms in total. The molecule has 1 aliphatic rings. The highest BCUT2D eigenvalue weighted by molar-refractivity contribution is 5.94. The van der Waals surface area contributed by atoms with E-state index < -0.39 is 0 Å². The van der Waals surface area contributed by atoms with Gasteiger partial charge in [-0.15, -0.1) is 0 Å². The van der Waals surface area contributed by atoms with Gasteiger partial charge in [-0.05, 0) is 18.2 Å². The van der Waals surface area contributed by atoms with Crippen molar-refractivity contribution < 1.29 is 4.57 Å². The predicted octanol–water partition coefficient (Wildman–Crippen LogP) is 2.99. The molecule has 1 aromatic carbocycles. The van der Waals surface area contributed by atoms with Gasteiger partial charge < -0.3 is 4.40 Å². The van der Waals surface area contributed by atoms with E-state index in [0.717, 1.165) is 17.7 Å². The van der Waals surface area contributed by atoms with Gasteiger partial charge in [-0.2, -0.15) is 4.57 Å². The second-order valence-electron chi connectivity index (χ2n) is 6.35. The van der Waals surface area contributed by atoms with Crippen molar-refractivity contribution in [3.63, 3.8) is 0 Å². The van der Waals surface area contributed by atoms with E-state index in [1.807, 2.05) is 31.0 Å². The Balaban J connectivity index is 1.84. The Morgan fingerprint density at radius 1 is 0.960 bits per heavy atom. The molecule has 0 bridgehead atoms. The Bertz CT molecular complexity index is 1260. The molecular formula is C20H14N5+. The molecule has 0 saturated carbocycles. The second kappa shape index (κ2) is 4.54. The van der Waals surface area contributed by atoms with Crippen molar-refractivity contribution in [1.82, 2.24) is 18.9 Å². The average Bonchev–Trinajstić information content (AvgIpc) is 3.30. The molecule has 6 rings (SSSR count). The van der Waals surface area contributed by atoms with Crippen LogP contribution in [0.3, 0.4) is 0 Å². The summed E-state index contributed by atoms with van der Waals surface area (Å²) in [6.45, 7) is 0.846. The molecule has 25 heavy (non-hydrogen) atoms. The Kier molecular flexibility index (Phi) is 2.34. The molecule has 0 saturated heterocycles. The van der Waals surface area contributed by atoms with E-state index in [2.05, 4.69) is 66.1 Å². The summed E-state index contributed by atoms with van der Waals surface area (Å²) in [7, 11) is 0. The normalized spacial score (nSPS) is 12.6. The molecule has 0 spiro atoms. The molecule has 118 valence electrons. The first-order valence-corrected chi connectivity index (χ1v) is 8.29. The van der Waals surface area contributed by atoms with Crippen LogP contribution in [0.2, 0.25) is 0 Å². The predicted molar refractivity (Wildman–Crippen MR) is 94.6 cm³/mol. The highest BCUT2D eigenvalue weighted by atomic mass is 15.2. The minimum atomic E-state index is 0.846. The molecule has 0 N–H and O–H groups in total. The minimum absolute atomic E-state index is 0.846. The number of benzene rings is 1. The Labute approximate surface area is 143 Å². The van der Waals surface area contributed by atoms with Crippen molar-refractivity contribution in [2.45, 2.75) is 6.54 Å². The van der Waals surface area contributed by atoms with Gasteiger partial charge in [-0.25, -0.2) is 4.57 Å². The molecule has 1 aliphatic heterocycles. The molecule has 5 heterocycles. The van der Waals surface area contributed by atoms with Gasteiger partial charge in [-0.3, -0.25) is 9.97 Å². The summed E-state index contributed by atoms with van der Waals surface area (Å²) in [5, 5.41) is 0. The van der Waals surface area contributed by atoms with E-state index in [4.69, 9.17) is 0 Å². The monoisotopic (exact) mass is 324 g/mol. The van der Waals surface area contributed by atoms with Gasteiger partial charge >= 0.3 is 0 Å². The molecule has 5 aromatic rings. The van der Waals surface area contributed by atoms with E-state index in [-0.39, 0.29) is 0 Å². The number of rotatable bonds is 1. The van der Waals surface area contributed by atoms with Crippen LogP contribution in [0.25, 0.3) is 33.6 Å². The van der Waals surface area contributed by atoms with Crippen LogP contribution < -0.4 is 4.57 Å². The van der Waals surface area contributed by atoms with Crippen molar-refractivity contribution in [2.75, 3.05) is 0 Å². The summed E-state index contributed by atoms with van der Waals surface area (Å²) in [5.74, 6) is 1.21. The lowest BCUT2D eigenvalue weighted by atomic mass is 10.1. The SMILES string of the molecule is c1ccc(-n2c3[n+](c4cn5ccncc5c42)Cc2cnccc2-3)cc1. The van der Waals surface area contributed by atoms with Gasteiger partial charge in [0, 0.05) is 30.4 Å². The number of aromatic nitrogens is 5. The maximum atomic E-state index is 4.34. The minimum Gasteiger partial charge on any atom is -0.313 e. The van der Waals surface area contributed by atoms with Crippen molar-refractivity contribution in [3.8, 4) is 17.1 Å². The van der Waals surface area contributed by atoms with Gasteiger partial charge in [0.15, 0.2) is 5.52 Å². The van der Waals surface area contributed by atoms with Gasteiger partial charge in [0.05, 0.1) is 18.0 Å². The second-order valence-corrected chi connectivity index (χ2v) is 6.35. The summed E-state index contributed by atoms with van der Waals surface area (Å²) in [6, 6.07) is 12.6. The Morgan fingerprint density at radius 2 is 1.84 bits per heavy atom. The van der Waals surface area contributed by atoms with Crippen LogP contribution in [0.1, 0.15) is 5.56 Å². The van der Waals surface area contributed by atoms with Crippen LogP contribution in [0.15, 0.2) is 73.6 Å². The number of hydrogen-bond donors (Lipinski definition) is 0. The molecule has 0 aliphatic carbocycles. The number of imidazole rings is 1. The van der Waals surface area contributed by atoms with E-state index in [1.165, 1.54) is 28.0 Å². The molecule has 0 amide bonds. The average molecular weight is 324 g/mol. The lowest BCUT2D eigenvalue weighted by molar-refractivity contribution is -0.645. The van der Waals surface area contributed by atoms with Crippen LogP contribution in [0.4, 0.5) is 0 Å². The van der Waals surface area contributed by atoms with Crippen LogP contribution in [-0.4, -0.2) is 18.9 Å². The van der Waals surface area contributed by atoms with Crippen molar-refractivity contribution in [1.29, 1.82) is 0 Å². The topological polar surface area (TPSA) is 39.0 Å². The third-order valence-corrected chi connectivity index (χ3v) is 5.00. The smallest absolute Gasteiger partial charge is 0.296 e. The number of fused-ring (bicyclic) bond motifs is 7. The number of nitrogens with zero attached hydrogens (tertiary/aromatic N) is 5. The zero-order valence-corrected chi connectivity index (χ0v) is 13.4. The van der Waals surface area contributed by atoms with Crippen molar-refractivity contribution in [3.05, 3.63) is 79.1 Å². The molecule has 0 radical (unpaired) electrons. The lowest BCUT2D eigenvalue weighted by Gasteiger charge is -2.02. The van der Waals surface area contributed by atoms with Crippen molar-refractivity contribution >= 4 is 16.6 Å². The Hall–Kier alpha value is -3.47. The fourth-order valence-corrected chi connectivity index (χ4v) is 3.95. The van der Waals surface area contributed by atoms with Gasteiger partial charge in [0.25, 0.3) is 5.82 Å². The van der Waals surface area contributed by atoms with E-state index in [1.54, 1.807) is 0 Å². The largest absolute Gasteiger partial charge is 0.313 e. The lowest BCUT2D eigenvalue weighted by Crippen LogP contribution is -2.31. The fourth-order valence-electron chi connectivity index (χ4n) is 3.95. The first-order chi connectivity index (χ1) is 12.4. The molecule has 5 heteroatoms. The molecule has 0 unspecified atom stereocenters. The number of para-hydroxylation sites is 1. The summed E-state index contributed by atoms with van der Waals surface area (Å²) < 4.78 is 6.87. The van der Waals surface area contributed by atoms with Crippen molar-refractivity contribution in [2.24, 2.45) is 0 Å². The molecule has 4 aromatic heterocycles. The summed E-state index contributed by atoms with van der Waals surface area (Å²) in [5.41, 5.74) is 7.18. The maximum Gasteiger partial charge on any atom is 0.296 e. The summed E-state index contributed by atoms with van der Waals surface area (Å²) in [4.78, 5) is 8.65. The quantitative estimate of drug-likeness (QED) is 0.436. The van der Waals surface area contributed by atoms with Crippen LogP contribution in [0.5, 0.6) is 0 Å². The summed E-state index contributed by atoms with van der Waals surface area (Å²) >= 11 is 0. The van der Waals surface area contributed by atoms with E-state index in [0.29, 0.717) is 0 Å². The first-order valence-electron chi connectivity index (χ1n) is 8.29. The number of hydrogen-bond acceptors (Lipinski definition) is 2. The zero-order valence-electron chi connectivity index (χ0n) is 13.4. The third-order valence-electron chi connectivity index (χ3n) is 5.00. The Morgan fingerprint density at radius 3 is 2.76 bits per heavy atom.